The van der Waals surface area contributed by atoms with Gasteiger partial charge in [0.2, 0.25) is 0 Å². The normalized spacial score (nSPS) is 13.8. The zero-order valence-electron chi connectivity index (χ0n) is 12.6. The summed E-state index contributed by atoms with van der Waals surface area (Å²) in [5.41, 5.74) is 5.26. The predicted octanol–water partition coefficient (Wildman–Crippen LogP) is -1.34. The number of halogens is 2. The number of rotatable bonds is 0. The van der Waals surface area contributed by atoms with E-state index < -0.39 is 0 Å². The standard InChI is InChI=1S/C10H9.C8H8O.2ClH.Zr/c1-8-6-9-4-2-3-5-10(9)7-8;1-6-2-7-4-9-5-8(7)3-6;;;/h2-7H,1H3;2-4H,5H2,1H3;2*1H;/q-1;;;;+3/p-2. The number of ether oxygens (including phenoxy) is 1. The molecule has 4 heteroatoms. The van der Waals surface area contributed by atoms with Crippen LogP contribution in [-0.4, -0.2) is 6.61 Å². The van der Waals surface area contributed by atoms with Crippen molar-refractivity contribution >= 4 is 10.8 Å². The van der Waals surface area contributed by atoms with E-state index in [1.807, 2.05) is 6.26 Å². The van der Waals surface area contributed by atoms with Crippen LogP contribution in [0.3, 0.4) is 0 Å². The maximum absolute atomic E-state index is 5.08. The smallest absolute Gasteiger partial charge is 1.00 e. The molecule has 113 valence electrons. The fourth-order valence-electron chi connectivity index (χ4n) is 2.50. The van der Waals surface area contributed by atoms with Gasteiger partial charge >= 0.3 is 26.2 Å². The number of allylic oxidation sites excluding steroid dienone is 3. The molecule has 1 heterocycles. The summed E-state index contributed by atoms with van der Waals surface area (Å²) < 4.78 is 5.08. The van der Waals surface area contributed by atoms with Gasteiger partial charge in [-0.25, -0.2) is 0 Å². The topological polar surface area (TPSA) is 9.23 Å². The molecule has 0 spiro atoms. The van der Waals surface area contributed by atoms with Crippen LogP contribution in [0.2, 0.25) is 0 Å². The van der Waals surface area contributed by atoms with E-state index in [4.69, 9.17) is 4.74 Å². The summed E-state index contributed by atoms with van der Waals surface area (Å²) >= 11 is 0. The minimum atomic E-state index is 0. The molecule has 0 aromatic heterocycles. The van der Waals surface area contributed by atoms with E-state index in [0.29, 0.717) is 0 Å². The van der Waals surface area contributed by atoms with E-state index in [9.17, 15) is 0 Å². The summed E-state index contributed by atoms with van der Waals surface area (Å²) in [5.74, 6) is 0. The SMILES string of the molecule is CC1=CC2=COCC2=C1.Cc1cc2ccccc2[cH-]1.[Cl-].[Cl-].[Zr+3]. The molecule has 0 amide bonds. The molecule has 0 saturated heterocycles. The molecule has 4 rings (SSSR count). The van der Waals surface area contributed by atoms with Crippen LogP contribution in [0.1, 0.15) is 12.5 Å². The van der Waals surface area contributed by atoms with Crippen molar-refractivity contribution in [3.8, 4) is 0 Å². The van der Waals surface area contributed by atoms with E-state index >= 15 is 0 Å². The molecular weight excluding hydrogens is 394 g/mol. The van der Waals surface area contributed by atoms with Gasteiger partial charge in [-0.3, -0.25) is 0 Å². The minimum absolute atomic E-state index is 0. The molecule has 0 N–H and O–H groups in total. The van der Waals surface area contributed by atoms with Gasteiger partial charge in [-0.1, -0.05) is 19.1 Å². The van der Waals surface area contributed by atoms with Crippen LogP contribution in [-0.2, 0) is 30.9 Å². The van der Waals surface area contributed by atoms with Crippen LogP contribution in [0.25, 0.3) is 10.8 Å². The van der Waals surface area contributed by atoms with Crippen LogP contribution >= 0.6 is 0 Å². The average molecular weight is 411 g/mol. The largest absolute Gasteiger partial charge is 3.00 e. The van der Waals surface area contributed by atoms with Gasteiger partial charge in [0, 0.05) is 5.57 Å². The Morgan fingerprint density at radius 2 is 1.77 bits per heavy atom. The van der Waals surface area contributed by atoms with Crippen LogP contribution < -0.4 is 24.8 Å². The number of hydrogen-bond donors (Lipinski definition) is 0. The Morgan fingerprint density at radius 1 is 1.05 bits per heavy atom. The molecular formula is C18H17Cl2OZr. The Labute approximate surface area is 163 Å². The van der Waals surface area contributed by atoms with Crippen LogP contribution in [0.4, 0.5) is 0 Å². The predicted molar refractivity (Wildman–Crippen MR) is 80.2 cm³/mol. The van der Waals surface area contributed by atoms with Crippen molar-refractivity contribution < 1.29 is 55.8 Å². The van der Waals surface area contributed by atoms with E-state index in [1.165, 1.54) is 33.1 Å². The van der Waals surface area contributed by atoms with Crippen molar-refractivity contribution in [2.24, 2.45) is 0 Å². The van der Waals surface area contributed by atoms with E-state index in [0.717, 1.165) is 6.61 Å². The third kappa shape index (κ3) is 4.91. The number of aryl methyl sites for hydroxylation is 1. The molecule has 1 aliphatic carbocycles. The van der Waals surface area contributed by atoms with E-state index in [1.54, 1.807) is 0 Å². The monoisotopic (exact) mass is 409 g/mol. The fourth-order valence-corrected chi connectivity index (χ4v) is 2.50. The first-order valence-electron chi connectivity index (χ1n) is 6.55. The van der Waals surface area contributed by atoms with Gasteiger partial charge < -0.3 is 29.6 Å². The van der Waals surface area contributed by atoms with Gasteiger partial charge in [0.05, 0.1) is 6.26 Å². The Morgan fingerprint density at radius 3 is 2.45 bits per heavy atom. The second-order valence-electron chi connectivity index (χ2n) is 5.10. The van der Waals surface area contributed by atoms with Crippen molar-refractivity contribution in [2.75, 3.05) is 6.61 Å². The maximum Gasteiger partial charge on any atom is 3.00 e. The van der Waals surface area contributed by atoms with Crippen molar-refractivity contribution in [3.63, 3.8) is 0 Å². The molecule has 0 fully saturated rings. The summed E-state index contributed by atoms with van der Waals surface area (Å²) in [6.07, 6.45) is 6.13. The molecule has 1 aliphatic heterocycles. The van der Waals surface area contributed by atoms with Gasteiger partial charge in [-0.2, -0.15) is 6.07 Å². The first-order chi connectivity index (χ1) is 9.22. The number of fused-ring (bicyclic) bond motifs is 2. The summed E-state index contributed by atoms with van der Waals surface area (Å²) in [6.45, 7) is 5.00. The summed E-state index contributed by atoms with van der Waals surface area (Å²) in [6, 6.07) is 12.8. The summed E-state index contributed by atoms with van der Waals surface area (Å²) in [7, 11) is 0. The second-order valence-corrected chi connectivity index (χ2v) is 5.10. The summed E-state index contributed by atoms with van der Waals surface area (Å²) in [4.78, 5) is 0. The van der Waals surface area contributed by atoms with Gasteiger partial charge in [-0.15, -0.1) is 40.6 Å². The Bertz CT molecular complexity index is 678. The quantitative estimate of drug-likeness (QED) is 0.488. The van der Waals surface area contributed by atoms with Crippen LogP contribution in [0.5, 0.6) is 0 Å². The summed E-state index contributed by atoms with van der Waals surface area (Å²) in [5, 5.41) is 2.69. The average Bonchev–Trinajstić information content (AvgIpc) is 3.02. The molecule has 0 saturated carbocycles. The van der Waals surface area contributed by atoms with E-state index in [2.05, 4.69) is 62.4 Å². The van der Waals surface area contributed by atoms with Crippen LogP contribution in [0.15, 0.2) is 71.5 Å². The molecule has 2 aliphatic rings. The molecule has 2 aromatic carbocycles. The molecule has 1 nitrogen and oxygen atoms in total. The molecule has 2 aromatic rings. The number of hydrogen-bond acceptors (Lipinski definition) is 1. The van der Waals surface area contributed by atoms with Gasteiger partial charge in [0.15, 0.2) is 0 Å². The molecule has 0 atom stereocenters. The van der Waals surface area contributed by atoms with Gasteiger partial charge in [0.25, 0.3) is 0 Å². The first-order valence-corrected chi connectivity index (χ1v) is 6.55. The van der Waals surface area contributed by atoms with Gasteiger partial charge in [-0.05, 0) is 24.1 Å². The minimum Gasteiger partial charge on any atom is -1.00 e. The Balaban J connectivity index is 0.000000354. The number of benzene rings is 1. The molecule has 0 bridgehead atoms. The maximum atomic E-state index is 5.08. The van der Waals surface area contributed by atoms with Crippen molar-refractivity contribution in [1.82, 2.24) is 0 Å². The Kier molecular flexibility index (Phi) is 9.16. The van der Waals surface area contributed by atoms with Crippen molar-refractivity contribution in [3.05, 3.63) is 77.1 Å². The zero-order chi connectivity index (χ0) is 13.2. The zero-order valence-corrected chi connectivity index (χ0v) is 16.5. The first kappa shape index (κ1) is 21.3. The molecule has 0 unspecified atom stereocenters. The van der Waals surface area contributed by atoms with Crippen molar-refractivity contribution in [2.45, 2.75) is 13.8 Å². The van der Waals surface area contributed by atoms with Crippen LogP contribution in [0, 0.1) is 6.92 Å². The van der Waals surface area contributed by atoms with E-state index in [-0.39, 0.29) is 51.0 Å². The Hall–Kier alpha value is -0.687. The van der Waals surface area contributed by atoms with Gasteiger partial charge in [0.1, 0.15) is 6.61 Å². The molecule has 1 radical (unpaired) electrons. The second kappa shape index (κ2) is 9.45. The van der Waals surface area contributed by atoms with Crippen molar-refractivity contribution in [1.29, 1.82) is 0 Å². The molecule has 22 heavy (non-hydrogen) atoms. The fraction of sp³-hybridized carbons (Fsp3) is 0.167. The third-order valence-corrected chi connectivity index (χ3v) is 3.37. The third-order valence-electron chi connectivity index (χ3n) is 3.37.